The number of hydrogen-bond acceptors (Lipinski definition) is 4. The average molecular weight is 225 g/mol. The zero-order valence-electron chi connectivity index (χ0n) is 9.01. The van der Waals surface area contributed by atoms with Gasteiger partial charge in [0, 0.05) is 17.1 Å². The van der Waals surface area contributed by atoms with Crippen LogP contribution in [-0.4, -0.2) is 15.2 Å². The second-order valence-electron chi connectivity index (χ2n) is 3.84. The van der Waals surface area contributed by atoms with Gasteiger partial charge in [-0.25, -0.2) is 4.98 Å². The maximum atomic E-state index is 5.71. The van der Waals surface area contributed by atoms with E-state index in [0.29, 0.717) is 11.6 Å². The maximum absolute atomic E-state index is 5.71. The molecule has 0 unspecified atom stereocenters. The normalized spacial score (nSPS) is 10.8. The van der Waals surface area contributed by atoms with Crippen molar-refractivity contribution in [3.63, 3.8) is 0 Å². The summed E-state index contributed by atoms with van der Waals surface area (Å²) in [6, 6.07) is 9.64. The number of nitrogens with zero attached hydrogens (tertiary/aromatic N) is 2. The number of H-pyrrole nitrogens is 1. The van der Waals surface area contributed by atoms with E-state index in [1.54, 1.807) is 12.3 Å². The molecule has 2 heterocycles. The number of aromatic nitrogens is 3. The van der Waals surface area contributed by atoms with Crippen molar-refractivity contribution in [2.24, 2.45) is 0 Å². The van der Waals surface area contributed by atoms with Crippen molar-refractivity contribution in [2.45, 2.75) is 0 Å². The molecule has 5 N–H and O–H groups in total. The summed E-state index contributed by atoms with van der Waals surface area (Å²) in [5.74, 6) is 1.03. The number of nitrogen functional groups attached to an aromatic ring is 2. The molecule has 1 aromatic carbocycles. The first-order valence-corrected chi connectivity index (χ1v) is 5.19. The Morgan fingerprint density at radius 2 is 1.82 bits per heavy atom. The van der Waals surface area contributed by atoms with Gasteiger partial charge in [-0.3, -0.25) is 5.10 Å². The van der Waals surface area contributed by atoms with Crippen LogP contribution in [0.3, 0.4) is 0 Å². The molecule has 0 aliphatic heterocycles. The molecule has 0 saturated heterocycles. The molecule has 2 aromatic heterocycles. The molecular weight excluding hydrogens is 214 g/mol. The quantitative estimate of drug-likeness (QED) is 0.588. The molecule has 0 spiro atoms. The molecule has 3 aromatic rings. The Kier molecular flexibility index (Phi) is 1.98. The highest BCUT2D eigenvalue weighted by atomic mass is 15.1. The highest BCUT2D eigenvalue weighted by molar-refractivity contribution is 5.91. The number of nitrogens with two attached hydrogens (primary N) is 2. The van der Waals surface area contributed by atoms with Crippen LogP contribution in [0.1, 0.15) is 0 Å². The summed E-state index contributed by atoms with van der Waals surface area (Å²) in [5.41, 5.74) is 14.2. The molecule has 17 heavy (non-hydrogen) atoms. The molecule has 0 amide bonds. The number of nitrogens with one attached hydrogen (secondary N) is 1. The van der Waals surface area contributed by atoms with Gasteiger partial charge in [-0.2, -0.15) is 5.10 Å². The SMILES string of the molecule is Nc1ccc(-c2ccc3c(N)n[nH]c3c2)cn1. The minimum Gasteiger partial charge on any atom is -0.384 e. The van der Waals surface area contributed by atoms with Gasteiger partial charge >= 0.3 is 0 Å². The average Bonchev–Trinajstić information content (AvgIpc) is 2.72. The highest BCUT2D eigenvalue weighted by Gasteiger charge is 2.04. The fraction of sp³-hybridized carbons (Fsp3) is 0. The summed E-state index contributed by atoms with van der Waals surface area (Å²) in [6.45, 7) is 0. The Morgan fingerprint density at radius 1 is 1.00 bits per heavy atom. The van der Waals surface area contributed by atoms with Crippen LogP contribution in [0.15, 0.2) is 36.5 Å². The lowest BCUT2D eigenvalue weighted by Gasteiger charge is -2.01. The third-order valence-corrected chi connectivity index (χ3v) is 2.71. The van der Waals surface area contributed by atoms with E-state index in [-0.39, 0.29) is 0 Å². The van der Waals surface area contributed by atoms with E-state index >= 15 is 0 Å². The second kappa shape index (κ2) is 3.48. The van der Waals surface area contributed by atoms with Gasteiger partial charge < -0.3 is 11.5 Å². The number of benzene rings is 1. The number of anilines is 2. The number of rotatable bonds is 1. The largest absolute Gasteiger partial charge is 0.384 e. The summed E-state index contributed by atoms with van der Waals surface area (Å²) >= 11 is 0. The first kappa shape index (κ1) is 9.65. The summed E-state index contributed by atoms with van der Waals surface area (Å²) in [5, 5.41) is 7.78. The van der Waals surface area contributed by atoms with Crippen molar-refractivity contribution in [1.82, 2.24) is 15.2 Å². The van der Waals surface area contributed by atoms with E-state index < -0.39 is 0 Å². The molecular formula is C12H11N5. The minimum absolute atomic E-state index is 0.514. The molecule has 0 bridgehead atoms. The van der Waals surface area contributed by atoms with Crippen LogP contribution in [0.4, 0.5) is 11.6 Å². The third kappa shape index (κ3) is 1.57. The molecule has 5 nitrogen and oxygen atoms in total. The van der Waals surface area contributed by atoms with Gasteiger partial charge in [0.25, 0.3) is 0 Å². The lowest BCUT2D eigenvalue weighted by Crippen LogP contribution is -1.89. The van der Waals surface area contributed by atoms with Crippen LogP contribution in [0.25, 0.3) is 22.0 Å². The summed E-state index contributed by atoms with van der Waals surface area (Å²) < 4.78 is 0. The number of fused-ring (bicyclic) bond motifs is 1. The predicted octanol–water partition coefficient (Wildman–Crippen LogP) is 1.79. The van der Waals surface area contributed by atoms with E-state index in [1.165, 1.54) is 0 Å². The lowest BCUT2D eigenvalue weighted by atomic mass is 10.1. The zero-order valence-corrected chi connectivity index (χ0v) is 9.01. The van der Waals surface area contributed by atoms with Crippen molar-refractivity contribution in [2.75, 3.05) is 11.5 Å². The minimum atomic E-state index is 0.514. The maximum Gasteiger partial charge on any atom is 0.153 e. The van der Waals surface area contributed by atoms with Crippen LogP contribution >= 0.6 is 0 Å². The van der Waals surface area contributed by atoms with E-state index in [4.69, 9.17) is 11.5 Å². The number of pyridine rings is 1. The van der Waals surface area contributed by atoms with Crippen molar-refractivity contribution in [3.8, 4) is 11.1 Å². The molecule has 84 valence electrons. The summed E-state index contributed by atoms with van der Waals surface area (Å²) in [6.07, 6.45) is 1.75. The van der Waals surface area contributed by atoms with Crippen molar-refractivity contribution in [1.29, 1.82) is 0 Å². The predicted molar refractivity (Wildman–Crippen MR) is 68.1 cm³/mol. The number of aromatic amines is 1. The standard InChI is InChI=1S/C12H11N5/c13-11-4-2-8(6-15-11)7-1-3-9-10(5-7)16-17-12(9)14/h1-6H,(H2,13,15)(H3,14,16,17). The molecule has 0 aliphatic rings. The summed E-state index contributed by atoms with van der Waals surface area (Å²) in [7, 11) is 0. The van der Waals surface area contributed by atoms with Gasteiger partial charge in [0.05, 0.1) is 5.52 Å². The topological polar surface area (TPSA) is 93.6 Å². The van der Waals surface area contributed by atoms with Crippen LogP contribution < -0.4 is 11.5 Å². The fourth-order valence-electron chi connectivity index (χ4n) is 1.80. The molecule has 0 radical (unpaired) electrons. The van der Waals surface area contributed by atoms with E-state index in [0.717, 1.165) is 22.0 Å². The molecule has 0 saturated carbocycles. The highest BCUT2D eigenvalue weighted by Crippen LogP contribution is 2.25. The second-order valence-corrected chi connectivity index (χ2v) is 3.84. The van der Waals surface area contributed by atoms with Gasteiger partial charge in [-0.05, 0) is 29.8 Å². The third-order valence-electron chi connectivity index (χ3n) is 2.71. The first-order chi connectivity index (χ1) is 8.24. The smallest absolute Gasteiger partial charge is 0.153 e. The van der Waals surface area contributed by atoms with Crippen LogP contribution in [0.2, 0.25) is 0 Å². The van der Waals surface area contributed by atoms with Crippen molar-refractivity contribution < 1.29 is 0 Å². The van der Waals surface area contributed by atoms with Gasteiger partial charge in [0.15, 0.2) is 5.82 Å². The van der Waals surface area contributed by atoms with Crippen molar-refractivity contribution >= 4 is 22.5 Å². The molecule has 0 atom stereocenters. The molecule has 5 heteroatoms. The Balaban J connectivity index is 2.14. The summed E-state index contributed by atoms with van der Waals surface area (Å²) in [4.78, 5) is 4.07. The van der Waals surface area contributed by atoms with E-state index in [2.05, 4.69) is 15.2 Å². The Labute approximate surface area is 97.5 Å². The van der Waals surface area contributed by atoms with Crippen LogP contribution in [0.5, 0.6) is 0 Å². The first-order valence-electron chi connectivity index (χ1n) is 5.19. The fourth-order valence-corrected chi connectivity index (χ4v) is 1.80. The van der Waals surface area contributed by atoms with Gasteiger partial charge in [0.2, 0.25) is 0 Å². The lowest BCUT2D eigenvalue weighted by molar-refractivity contribution is 1.13. The van der Waals surface area contributed by atoms with E-state index in [9.17, 15) is 0 Å². The van der Waals surface area contributed by atoms with Crippen LogP contribution in [0, 0.1) is 0 Å². The molecule has 3 rings (SSSR count). The Morgan fingerprint density at radius 3 is 2.59 bits per heavy atom. The molecule has 0 fully saturated rings. The Bertz CT molecular complexity index is 669. The van der Waals surface area contributed by atoms with Crippen LogP contribution in [-0.2, 0) is 0 Å². The van der Waals surface area contributed by atoms with Crippen molar-refractivity contribution in [3.05, 3.63) is 36.5 Å². The Hall–Kier alpha value is -2.56. The van der Waals surface area contributed by atoms with Gasteiger partial charge in [-0.1, -0.05) is 6.07 Å². The zero-order chi connectivity index (χ0) is 11.8. The molecule has 0 aliphatic carbocycles. The monoisotopic (exact) mass is 225 g/mol. The number of hydrogen-bond donors (Lipinski definition) is 3. The van der Waals surface area contributed by atoms with Gasteiger partial charge in [0.1, 0.15) is 5.82 Å². The van der Waals surface area contributed by atoms with E-state index in [1.807, 2.05) is 24.3 Å². The van der Waals surface area contributed by atoms with Gasteiger partial charge in [-0.15, -0.1) is 0 Å².